The Kier molecular flexibility index (Phi) is 12.8. The van der Waals surface area contributed by atoms with E-state index in [1.807, 2.05) is 0 Å². The summed E-state index contributed by atoms with van der Waals surface area (Å²) >= 11 is 0. The third-order valence-electron chi connectivity index (χ3n) is 3.86. The van der Waals surface area contributed by atoms with Crippen LogP contribution in [0.1, 0.15) is 72.1 Å². The molecule has 0 saturated heterocycles. The zero-order valence-electron chi connectivity index (χ0n) is 15.1. The van der Waals surface area contributed by atoms with Crippen molar-refractivity contribution in [1.82, 2.24) is 0 Å². The van der Waals surface area contributed by atoms with Crippen LogP contribution in [0.5, 0.6) is 0 Å². The number of aliphatic hydroxyl groups excluding tert-OH is 1. The van der Waals surface area contributed by atoms with Gasteiger partial charge in [-0.2, -0.15) is 0 Å². The average Bonchev–Trinajstić information content (AvgIpc) is 2.47. The van der Waals surface area contributed by atoms with Gasteiger partial charge in [-0.3, -0.25) is 4.57 Å². The minimum absolute atomic E-state index is 0.206. The van der Waals surface area contributed by atoms with E-state index in [9.17, 15) is 18.9 Å². The molecule has 2 unspecified atom stereocenters. The lowest BCUT2D eigenvalue weighted by atomic mass is 10.1. The molecule has 140 valence electrons. The predicted molar refractivity (Wildman–Crippen MR) is 101 cm³/mol. The highest BCUT2D eigenvalue weighted by Crippen LogP contribution is 2.55. The molecular formula is C17H33O5P2+. The maximum absolute atomic E-state index is 11.5. The van der Waals surface area contributed by atoms with E-state index < -0.39 is 27.1 Å². The van der Waals surface area contributed by atoms with E-state index in [2.05, 4.69) is 32.9 Å². The van der Waals surface area contributed by atoms with E-state index in [1.54, 1.807) is 0 Å². The molecule has 24 heavy (non-hydrogen) atoms. The number of unbranched alkanes of at least 4 members (excludes halogenated alkanes) is 4. The second-order valence-corrected chi connectivity index (χ2v) is 10.4. The van der Waals surface area contributed by atoms with Crippen molar-refractivity contribution in [2.75, 3.05) is 6.35 Å². The van der Waals surface area contributed by atoms with Gasteiger partial charge in [0.05, 0.1) is 0 Å². The summed E-state index contributed by atoms with van der Waals surface area (Å²) in [6.07, 6.45) is 10.8. The molecule has 0 spiro atoms. The third-order valence-corrected chi connectivity index (χ3v) is 7.77. The molecule has 7 heteroatoms. The number of hydrogen-bond donors (Lipinski definition) is 3. The van der Waals surface area contributed by atoms with Crippen LogP contribution in [-0.2, 0) is 9.13 Å². The Hall–Kier alpha value is -0.310. The molecule has 0 aromatic heterocycles. The van der Waals surface area contributed by atoms with Gasteiger partial charge in [0, 0.05) is 6.42 Å². The van der Waals surface area contributed by atoms with Gasteiger partial charge in [0.15, 0.2) is 0 Å². The molecule has 0 bridgehead atoms. The van der Waals surface area contributed by atoms with Crippen molar-refractivity contribution in [3.05, 3.63) is 23.3 Å². The van der Waals surface area contributed by atoms with Crippen molar-refractivity contribution in [3.63, 3.8) is 0 Å². The molecule has 0 aliphatic heterocycles. The van der Waals surface area contributed by atoms with Gasteiger partial charge in [-0.1, -0.05) is 40.7 Å². The zero-order chi connectivity index (χ0) is 18.6. The van der Waals surface area contributed by atoms with E-state index in [0.29, 0.717) is 6.42 Å². The van der Waals surface area contributed by atoms with Crippen molar-refractivity contribution < 1.29 is 24.0 Å². The number of rotatable bonds is 13. The van der Waals surface area contributed by atoms with Crippen LogP contribution in [0, 0.1) is 0 Å². The fraction of sp³-hybridized carbons (Fsp3) is 0.765. The van der Waals surface area contributed by atoms with Gasteiger partial charge in [0.1, 0.15) is 0 Å². The maximum Gasteiger partial charge on any atom is 0.382 e. The molecule has 2 atom stereocenters. The molecule has 5 nitrogen and oxygen atoms in total. The van der Waals surface area contributed by atoms with Gasteiger partial charge in [-0.05, 0) is 52.9 Å². The van der Waals surface area contributed by atoms with Crippen molar-refractivity contribution in [3.8, 4) is 0 Å². The molecule has 0 rings (SSSR count). The Morgan fingerprint density at radius 3 is 2.21 bits per heavy atom. The normalized spacial score (nSPS) is 14.4. The van der Waals surface area contributed by atoms with Crippen LogP contribution in [0.2, 0.25) is 0 Å². The Balaban J connectivity index is 3.92. The van der Waals surface area contributed by atoms with E-state index in [-0.39, 0.29) is 6.42 Å². The highest BCUT2D eigenvalue weighted by atomic mass is 31.2. The second-order valence-electron chi connectivity index (χ2n) is 6.49. The van der Waals surface area contributed by atoms with Gasteiger partial charge >= 0.3 is 15.4 Å². The first-order valence-electron chi connectivity index (χ1n) is 8.57. The first-order valence-corrected chi connectivity index (χ1v) is 11.8. The van der Waals surface area contributed by atoms with Crippen molar-refractivity contribution in [1.29, 1.82) is 0 Å². The topological polar surface area (TPSA) is 94.8 Å². The molecule has 0 aromatic rings. The number of hydrogen-bond acceptors (Lipinski definition) is 3. The summed E-state index contributed by atoms with van der Waals surface area (Å²) in [6.45, 7) is 6.36. The molecule has 0 amide bonds. The summed E-state index contributed by atoms with van der Waals surface area (Å²) in [5, 5.41) is 7.65. The van der Waals surface area contributed by atoms with E-state index in [4.69, 9.17) is 5.11 Å². The van der Waals surface area contributed by atoms with Crippen LogP contribution in [0.15, 0.2) is 23.3 Å². The SMILES string of the molecule is CC(C)=CCC/C(C)=C/CCCCCCC([P+](=O)CO)P(=O)(O)O. The quantitative estimate of drug-likeness (QED) is 0.229. The molecule has 0 heterocycles. The molecule has 0 fully saturated rings. The van der Waals surface area contributed by atoms with Crippen LogP contribution in [0.3, 0.4) is 0 Å². The lowest BCUT2D eigenvalue weighted by Crippen LogP contribution is -2.05. The van der Waals surface area contributed by atoms with E-state index in [0.717, 1.165) is 38.5 Å². The fourth-order valence-corrected chi connectivity index (χ4v) is 5.18. The van der Waals surface area contributed by atoms with Gasteiger partial charge in [0.2, 0.25) is 6.35 Å². The first-order chi connectivity index (χ1) is 11.2. The third kappa shape index (κ3) is 12.1. The van der Waals surface area contributed by atoms with Crippen molar-refractivity contribution in [2.24, 2.45) is 0 Å². The standard InChI is InChI=1S/C17H32O5P2/c1-15(2)10-9-12-16(3)11-7-5-4-6-8-13-17(23(19)14-18)24(20,21)22/h10-11,17-18H,4-9,12-14H2,1-3H3,(H-,20,21,22)/p+1/b16-11+. The zero-order valence-corrected chi connectivity index (χ0v) is 16.9. The van der Waals surface area contributed by atoms with Crippen LogP contribution in [-0.4, -0.2) is 26.6 Å². The van der Waals surface area contributed by atoms with E-state index >= 15 is 0 Å². The summed E-state index contributed by atoms with van der Waals surface area (Å²) in [5.74, 6) is 0. The molecule has 0 saturated carbocycles. The van der Waals surface area contributed by atoms with Gasteiger partial charge in [-0.25, -0.2) is 0 Å². The smallest absolute Gasteiger partial charge is 0.353 e. The molecule has 0 aromatic carbocycles. The van der Waals surface area contributed by atoms with E-state index in [1.165, 1.54) is 11.1 Å². The second kappa shape index (κ2) is 13.0. The lowest BCUT2D eigenvalue weighted by molar-refractivity contribution is 0.349. The Morgan fingerprint density at radius 1 is 1.04 bits per heavy atom. The lowest BCUT2D eigenvalue weighted by Gasteiger charge is -2.08. The Morgan fingerprint density at radius 2 is 1.67 bits per heavy atom. The predicted octanol–water partition coefficient (Wildman–Crippen LogP) is 5.30. The van der Waals surface area contributed by atoms with Gasteiger partial charge < -0.3 is 14.9 Å². The van der Waals surface area contributed by atoms with Crippen molar-refractivity contribution in [2.45, 2.75) is 77.5 Å². The van der Waals surface area contributed by atoms with Crippen LogP contribution in [0.4, 0.5) is 0 Å². The number of allylic oxidation sites excluding steroid dienone is 4. The maximum atomic E-state index is 11.5. The minimum Gasteiger partial charge on any atom is -0.353 e. The largest absolute Gasteiger partial charge is 0.382 e. The summed E-state index contributed by atoms with van der Waals surface area (Å²) in [4.78, 5) is 18.4. The van der Waals surface area contributed by atoms with Gasteiger partial charge in [0.25, 0.3) is 5.40 Å². The first kappa shape index (κ1) is 23.7. The van der Waals surface area contributed by atoms with Gasteiger partial charge in [-0.15, -0.1) is 0 Å². The van der Waals surface area contributed by atoms with Crippen LogP contribution in [0.25, 0.3) is 0 Å². The molecule has 0 aliphatic carbocycles. The minimum atomic E-state index is -4.40. The summed E-state index contributed by atoms with van der Waals surface area (Å²) < 4.78 is 22.8. The summed E-state index contributed by atoms with van der Waals surface area (Å²) in [6, 6.07) is 0. The highest BCUT2D eigenvalue weighted by Gasteiger charge is 2.43. The summed E-state index contributed by atoms with van der Waals surface area (Å²) in [5.41, 5.74) is 2.74. The fourth-order valence-electron chi connectivity index (χ4n) is 2.44. The molecular weight excluding hydrogens is 346 g/mol. The Bertz CT molecular complexity index is 475. The van der Waals surface area contributed by atoms with Crippen LogP contribution < -0.4 is 0 Å². The van der Waals surface area contributed by atoms with Crippen molar-refractivity contribution >= 4 is 15.4 Å². The average molecular weight is 379 g/mol. The summed E-state index contributed by atoms with van der Waals surface area (Å²) in [7, 11) is -6.65. The monoisotopic (exact) mass is 379 g/mol. The number of aliphatic hydroxyl groups is 1. The molecule has 0 radical (unpaired) electrons. The molecule has 0 aliphatic rings. The molecule has 3 N–H and O–H groups in total. The van der Waals surface area contributed by atoms with Crippen LogP contribution >= 0.6 is 15.4 Å². The Labute approximate surface area is 147 Å². The highest BCUT2D eigenvalue weighted by molar-refractivity contribution is 7.67.